The van der Waals surface area contributed by atoms with Crippen LogP contribution in [-0.4, -0.2) is 42.4 Å². The van der Waals surface area contributed by atoms with Crippen molar-refractivity contribution in [2.24, 2.45) is 0 Å². The first kappa shape index (κ1) is 16.5. The molecule has 0 amide bonds. The Morgan fingerprint density at radius 3 is 2.76 bits per heavy atom. The van der Waals surface area contributed by atoms with E-state index in [1.54, 1.807) is 6.20 Å². The average molecular weight is 362 g/mol. The third-order valence-corrected chi connectivity index (χ3v) is 7.14. The minimum absolute atomic E-state index is 0.198. The van der Waals surface area contributed by atoms with E-state index in [1.165, 1.54) is 19.3 Å². The Morgan fingerprint density at radius 2 is 1.96 bits per heavy atom. The first-order valence-electron chi connectivity index (χ1n) is 8.90. The van der Waals surface area contributed by atoms with Gasteiger partial charge in [0.1, 0.15) is 11.1 Å². The minimum atomic E-state index is -3.19. The lowest BCUT2D eigenvalue weighted by molar-refractivity contribution is 0.364. The summed E-state index contributed by atoms with van der Waals surface area (Å²) in [6, 6.07) is 3.78. The Hall–Kier alpha value is -1.96. The Balaban J connectivity index is 1.60. The molecule has 2 aromatic rings. The van der Waals surface area contributed by atoms with Gasteiger partial charge in [0.05, 0.1) is 5.75 Å². The summed E-state index contributed by atoms with van der Waals surface area (Å²) in [6.07, 6.45) is 7.50. The summed E-state index contributed by atoms with van der Waals surface area (Å²) in [5.41, 5.74) is 0.804. The Morgan fingerprint density at radius 1 is 1.12 bits per heavy atom. The first-order chi connectivity index (χ1) is 12.1. The van der Waals surface area contributed by atoms with E-state index in [4.69, 9.17) is 4.52 Å². The van der Waals surface area contributed by atoms with E-state index in [-0.39, 0.29) is 11.6 Å². The summed E-state index contributed by atoms with van der Waals surface area (Å²) in [4.78, 5) is 11.1. The molecule has 4 rings (SSSR count). The Kier molecular flexibility index (Phi) is 4.45. The number of pyridine rings is 1. The van der Waals surface area contributed by atoms with Crippen LogP contribution in [0, 0.1) is 0 Å². The molecule has 0 spiro atoms. The van der Waals surface area contributed by atoms with Gasteiger partial charge in [-0.25, -0.2) is 13.4 Å². The molecule has 0 aromatic carbocycles. The number of rotatable bonds is 3. The molecule has 8 heteroatoms. The van der Waals surface area contributed by atoms with Crippen LogP contribution < -0.4 is 4.90 Å². The highest BCUT2D eigenvalue weighted by Crippen LogP contribution is 2.33. The second kappa shape index (κ2) is 6.74. The lowest BCUT2D eigenvalue weighted by atomic mass is 10.1. The minimum Gasteiger partial charge on any atom is -0.357 e. The summed E-state index contributed by atoms with van der Waals surface area (Å²) in [5, 5.41) is 3.36. The predicted octanol–water partition coefficient (Wildman–Crippen LogP) is 2.76. The van der Waals surface area contributed by atoms with Crippen LogP contribution in [-0.2, 0) is 9.84 Å². The van der Waals surface area contributed by atoms with Gasteiger partial charge in [0.15, 0.2) is 9.84 Å². The number of nitrogens with zero attached hydrogens (tertiary/aromatic N) is 4. The van der Waals surface area contributed by atoms with Gasteiger partial charge in [-0.3, -0.25) is 0 Å². The highest BCUT2D eigenvalue weighted by molar-refractivity contribution is 7.91. The molecule has 0 unspecified atom stereocenters. The number of hydrogen-bond acceptors (Lipinski definition) is 7. The number of piperidine rings is 1. The summed E-state index contributed by atoms with van der Waals surface area (Å²) >= 11 is 0. The van der Waals surface area contributed by atoms with Crippen LogP contribution in [0.15, 0.2) is 22.9 Å². The molecule has 0 radical (unpaired) electrons. The van der Waals surface area contributed by atoms with Crippen molar-refractivity contribution in [3.8, 4) is 11.4 Å². The summed E-state index contributed by atoms with van der Waals surface area (Å²) < 4.78 is 29.8. The molecular weight excluding hydrogens is 340 g/mol. The van der Waals surface area contributed by atoms with Crippen molar-refractivity contribution in [2.75, 3.05) is 23.7 Å². The maximum Gasteiger partial charge on any atom is 0.245 e. The highest BCUT2D eigenvalue weighted by Gasteiger charge is 2.34. The van der Waals surface area contributed by atoms with Gasteiger partial charge >= 0.3 is 0 Å². The number of sulfone groups is 1. The van der Waals surface area contributed by atoms with Crippen molar-refractivity contribution < 1.29 is 12.9 Å². The molecular formula is C17H22N4O3S. The molecule has 0 N–H and O–H groups in total. The van der Waals surface area contributed by atoms with E-state index in [2.05, 4.69) is 20.0 Å². The van der Waals surface area contributed by atoms with Gasteiger partial charge in [-0.2, -0.15) is 4.98 Å². The van der Waals surface area contributed by atoms with E-state index in [0.717, 1.165) is 30.9 Å². The number of anilines is 1. The fraction of sp³-hybridized carbons (Fsp3) is 0.588. The molecule has 2 fully saturated rings. The zero-order chi connectivity index (χ0) is 17.3. The van der Waals surface area contributed by atoms with E-state index < -0.39 is 15.1 Å². The summed E-state index contributed by atoms with van der Waals surface area (Å²) in [7, 11) is -3.19. The molecule has 2 saturated heterocycles. The van der Waals surface area contributed by atoms with Crippen LogP contribution in [0.1, 0.15) is 49.7 Å². The van der Waals surface area contributed by atoms with E-state index in [0.29, 0.717) is 18.7 Å². The van der Waals surface area contributed by atoms with Gasteiger partial charge in [0, 0.05) is 24.8 Å². The van der Waals surface area contributed by atoms with Crippen molar-refractivity contribution in [1.29, 1.82) is 0 Å². The number of hydrogen-bond donors (Lipinski definition) is 0. The highest BCUT2D eigenvalue weighted by atomic mass is 32.2. The zero-order valence-electron chi connectivity index (χ0n) is 14.1. The largest absolute Gasteiger partial charge is 0.357 e. The molecule has 25 heavy (non-hydrogen) atoms. The van der Waals surface area contributed by atoms with Gasteiger partial charge < -0.3 is 9.42 Å². The fourth-order valence-electron chi connectivity index (χ4n) is 3.57. The van der Waals surface area contributed by atoms with Crippen LogP contribution >= 0.6 is 0 Å². The van der Waals surface area contributed by atoms with Crippen molar-refractivity contribution in [3.63, 3.8) is 0 Å². The Bertz CT molecular complexity index is 843. The third kappa shape index (κ3) is 3.40. The van der Waals surface area contributed by atoms with E-state index in [1.807, 2.05) is 12.1 Å². The summed E-state index contributed by atoms with van der Waals surface area (Å²) in [5.74, 6) is 1.75. The second-order valence-corrected chi connectivity index (χ2v) is 9.06. The lowest BCUT2D eigenvalue weighted by Crippen LogP contribution is -2.30. The molecule has 7 nitrogen and oxygen atoms in total. The predicted molar refractivity (Wildman–Crippen MR) is 94.0 cm³/mol. The molecule has 0 bridgehead atoms. The van der Waals surface area contributed by atoms with Crippen LogP contribution in [0.2, 0.25) is 0 Å². The zero-order valence-corrected chi connectivity index (χ0v) is 14.9. The fourth-order valence-corrected chi connectivity index (χ4v) is 5.39. The van der Waals surface area contributed by atoms with Crippen LogP contribution in [0.5, 0.6) is 0 Å². The van der Waals surface area contributed by atoms with Crippen LogP contribution in [0.3, 0.4) is 0 Å². The molecule has 1 atom stereocenters. The van der Waals surface area contributed by atoms with Crippen molar-refractivity contribution >= 4 is 15.7 Å². The van der Waals surface area contributed by atoms with Crippen molar-refractivity contribution in [3.05, 3.63) is 24.2 Å². The van der Waals surface area contributed by atoms with Gasteiger partial charge in [0.25, 0.3) is 0 Å². The molecule has 2 aromatic heterocycles. The van der Waals surface area contributed by atoms with Crippen LogP contribution in [0.25, 0.3) is 11.4 Å². The third-order valence-electron chi connectivity index (χ3n) is 4.98. The first-order valence-corrected chi connectivity index (χ1v) is 10.6. The second-order valence-electron chi connectivity index (χ2n) is 6.76. The topological polar surface area (TPSA) is 89.2 Å². The standard InChI is InChI=1S/C17H22N4O3S/c22-25(23)11-5-2-6-14(25)17-19-16(20-24-17)13-7-8-18-15(12-13)21-9-3-1-4-10-21/h7-8,12,14H,1-6,9-11H2/t14-/m0/s1. The van der Waals surface area contributed by atoms with Gasteiger partial charge in [-0.05, 0) is 44.2 Å². The molecule has 2 aliphatic rings. The quantitative estimate of drug-likeness (QED) is 0.829. The van der Waals surface area contributed by atoms with E-state index in [9.17, 15) is 8.42 Å². The average Bonchev–Trinajstić information content (AvgIpc) is 3.12. The maximum atomic E-state index is 12.2. The molecule has 0 saturated carbocycles. The SMILES string of the molecule is O=S1(=O)CCCC[C@H]1c1nc(-c2ccnc(N3CCCCC3)c2)no1. The smallest absolute Gasteiger partial charge is 0.245 e. The maximum absolute atomic E-state index is 12.2. The van der Waals surface area contributed by atoms with Gasteiger partial charge in [-0.1, -0.05) is 11.6 Å². The van der Waals surface area contributed by atoms with Crippen LogP contribution in [0.4, 0.5) is 5.82 Å². The molecule has 134 valence electrons. The van der Waals surface area contributed by atoms with Gasteiger partial charge in [-0.15, -0.1) is 0 Å². The monoisotopic (exact) mass is 362 g/mol. The van der Waals surface area contributed by atoms with Crippen molar-refractivity contribution in [1.82, 2.24) is 15.1 Å². The van der Waals surface area contributed by atoms with Crippen molar-refractivity contribution in [2.45, 2.75) is 43.8 Å². The summed E-state index contributed by atoms with van der Waals surface area (Å²) in [6.45, 7) is 2.02. The molecule has 2 aliphatic heterocycles. The van der Waals surface area contributed by atoms with Gasteiger partial charge in [0.2, 0.25) is 11.7 Å². The normalized spacial score (nSPS) is 23.5. The lowest BCUT2D eigenvalue weighted by Gasteiger charge is -2.27. The molecule has 0 aliphatic carbocycles. The van der Waals surface area contributed by atoms with E-state index >= 15 is 0 Å². The Labute approximate surface area is 147 Å². The molecule has 4 heterocycles. The number of aromatic nitrogens is 3.